The zero-order valence-electron chi connectivity index (χ0n) is 8.83. The Morgan fingerprint density at radius 1 is 0.941 bits per heavy atom. The van der Waals surface area contributed by atoms with Gasteiger partial charge in [0.25, 0.3) is 0 Å². The number of benzene rings is 2. The highest BCUT2D eigenvalue weighted by atomic mass is 35.5. The summed E-state index contributed by atoms with van der Waals surface area (Å²) in [5, 5.41) is 0.544. The molecule has 0 aliphatic rings. The van der Waals surface area contributed by atoms with Crippen LogP contribution >= 0.6 is 23.2 Å². The van der Waals surface area contributed by atoms with Crippen molar-refractivity contribution >= 4 is 28.8 Å². The van der Waals surface area contributed by atoms with Gasteiger partial charge in [0.05, 0.1) is 0 Å². The molecule has 0 saturated heterocycles. The van der Waals surface area contributed by atoms with E-state index < -0.39 is 0 Å². The first-order chi connectivity index (χ1) is 8.24. The number of hydrogen-bond acceptors (Lipinski definition) is 0. The average Bonchev–Trinajstić information content (AvgIpc) is 2.34. The van der Waals surface area contributed by atoms with Gasteiger partial charge in [-0.05, 0) is 12.1 Å². The third kappa shape index (κ3) is 2.51. The van der Waals surface area contributed by atoms with Gasteiger partial charge in [-0.15, -0.1) is 0 Å². The Balaban J connectivity index is 2.57. The third-order valence-corrected chi connectivity index (χ3v) is 2.98. The van der Waals surface area contributed by atoms with Gasteiger partial charge < -0.3 is 0 Å². The van der Waals surface area contributed by atoms with Crippen molar-refractivity contribution in [3.8, 4) is 0 Å². The molecule has 0 aliphatic heterocycles. The lowest BCUT2D eigenvalue weighted by Crippen LogP contribution is -1.92. The molecule has 0 radical (unpaired) electrons. The van der Waals surface area contributed by atoms with Gasteiger partial charge in [-0.25, -0.2) is 4.39 Å². The molecule has 0 unspecified atom stereocenters. The molecule has 0 heterocycles. The third-order valence-electron chi connectivity index (χ3n) is 2.44. The predicted molar refractivity (Wildman–Crippen MR) is 70.8 cm³/mol. The molecule has 0 spiro atoms. The van der Waals surface area contributed by atoms with Crippen LogP contribution in [0.4, 0.5) is 4.39 Å². The lowest BCUT2D eigenvalue weighted by atomic mass is 9.99. The lowest BCUT2D eigenvalue weighted by molar-refractivity contribution is 0.624. The van der Waals surface area contributed by atoms with Gasteiger partial charge in [0.1, 0.15) is 5.82 Å². The lowest BCUT2D eigenvalue weighted by Gasteiger charge is -2.09. The highest BCUT2D eigenvalue weighted by molar-refractivity contribution is 6.34. The van der Waals surface area contributed by atoms with Crippen molar-refractivity contribution < 1.29 is 4.39 Å². The molecule has 2 rings (SSSR count). The molecule has 0 fully saturated rings. The van der Waals surface area contributed by atoms with E-state index in [9.17, 15) is 4.39 Å². The fraction of sp³-hybridized carbons (Fsp3) is 0. The zero-order chi connectivity index (χ0) is 12.3. The van der Waals surface area contributed by atoms with Gasteiger partial charge in [-0.3, -0.25) is 0 Å². The van der Waals surface area contributed by atoms with Gasteiger partial charge in [0, 0.05) is 27.3 Å². The van der Waals surface area contributed by atoms with E-state index in [0.29, 0.717) is 21.7 Å². The van der Waals surface area contributed by atoms with Crippen LogP contribution in [0.3, 0.4) is 0 Å². The summed E-state index contributed by atoms with van der Waals surface area (Å²) in [5.74, 6) is -0.320. The first-order valence-corrected chi connectivity index (χ1v) is 5.85. The molecule has 0 atom stereocenters. The summed E-state index contributed by atoms with van der Waals surface area (Å²) in [6, 6.07) is 13.7. The van der Waals surface area contributed by atoms with Crippen LogP contribution in [0.2, 0.25) is 5.02 Å². The fourth-order valence-corrected chi connectivity index (χ4v) is 2.09. The Morgan fingerprint density at radius 2 is 1.53 bits per heavy atom. The number of rotatable bonds is 2. The molecule has 2 aromatic rings. The van der Waals surface area contributed by atoms with E-state index in [2.05, 4.69) is 0 Å². The van der Waals surface area contributed by atoms with Crippen LogP contribution in [0.1, 0.15) is 11.1 Å². The summed E-state index contributed by atoms with van der Waals surface area (Å²) in [7, 11) is 0. The van der Waals surface area contributed by atoms with Gasteiger partial charge >= 0.3 is 0 Å². The normalized spacial score (nSPS) is 11.6. The molecule has 0 N–H and O–H groups in total. The highest BCUT2D eigenvalue weighted by Gasteiger charge is 2.11. The second kappa shape index (κ2) is 5.35. The van der Waals surface area contributed by atoms with E-state index in [-0.39, 0.29) is 5.82 Å². The standard InChI is InChI=1S/C14H9Cl2F/c15-9-12(10-5-1-3-7-13(10)16)11-6-2-4-8-14(11)17/h1-9H/b12-9-. The summed E-state index contributed by atoms with van der Waals surface area (Å²) in [6.45, 7) is 0. The molecule has 3 heteroatoms. The zero-order valence-corrected chi connectivity index (χ0v) is 10.3. The van der Waals surface area contributed by atoms with Crippen LogP contribution in [-0.2, 0) is 0 Å². The molecule has 0 saturated carbocycles. The van der Waals surface area contributed by atoms with Gasteiger partial charge in [0.2, 0.25) is 0 Å². The smallest absolute Gasteiger partial charge is 0.131 e. The Morgan fingerprint density at radius 3 is 2.12 bits per heavy atom. The Kier molecular flexibility index (Phi) is 3.82. The summed E-state index contributed by atoms with van der Waals surface area (Å²) < 4.78 is 13.7. The van der Waals surface area contributed by atoms with E-state index in [1.807, 2.05) is 18.2 Å². The number of hydrogen-bond donors (Lipinski definition) is 0. The van der Waals surface area contributed by atoms with E-state index in [4.69, 9.17) is 23.2 Å². The average molecular weight is 267 g/mol. The first-order valence-electron chi connectivity index (χ1n) is 5.04. The highest BCUT2D eigenvalue weighted by Crippen LogP contribution is 2.31. The molecule has 2 aromatic carbocycles. The first kappa shape index (κ1) is 12.2. The van der Waals surface area contributed by atoms with Crippen LogP contribution in [0.25, 0.3) is 5.57 Å². The Hall–Kier alpha value is -1.31. The van der Waals surface area contributed by atoms with Crippen molar-refractivity contribution in [3.05, 3.63) is 76.0 Å². The molecule has 0 aliphatic carbocycles. The monoisotopic (exact) mass is 266 g/mol. The Bertz CT molecular complexity index is 514. The van der Waals surface area contributed by atoms with E-state index in [0.717, 1.165) is 0 Å². The van der Waals surface area contributed by atoms with Crippen molar-refractivity contribution in [1.82, 2.24) is 0 Å². The minimum atomic E-state index is -0.320. The molecule has 86 valence electrons. The van der Waals surface area contributed by atoms with Crippen LogP contribution in [0, 0.1) is 5.82 Å². The van der Waals surface area contributed by atoms with Crippen molar-refractivity contribution in [2.75, 3.05) is 0 Å². The predicted octanol–water partition coefficient (Wildman–Crippen LogP) is 5.11. The molecule has 0 aromatic heterocycles. The molecule has 0 amide bonds. The molecule has 0 nitrogen and oxygen atoms in total. The second-order valence-corrected chi connectivity index (χ2v) is 4.11. The topological polar surface area (TPSA) is 0 Å². The minimum Gasteiger partial charge on any atom is -0.206 e. The molecular weight excluding hydrogens is 258 g/mol. The maximum Gasteiger partial charge on any atom is 0.131 e. The van der Waals surface area contributed by atoms with Gasteiger partial charge in [-0.1, -0.05) is 59.6 Å². The maximum atomic E-state index is 13.7. The van der Waals surface area contributed by atoms with E-state index in [1.54, 1.807) is 24.3 Å². The Labute approximate surface area is 109 Å². The second-order valence-electron chi connectivity index (χ2n) is 3.48. The van der Waals surface area contributed by atoms with E-state index >= 15 is 0 Å². The van der Waals surface area contributed by atoms with Crippen LogP contribution in [-0.4, -0.2) is 0 Å². The van der Waals surface area contributed by atoms with Crippen LogP contribution < -0.4 is 0 Å². The quantitative estimate of drug-likeness (QED) is 0.709. The van der Waals surface area contributed by atoms with Gasteiger partial charge in [0.15, 0.2) is 0 Å². The van der Waals surface area contributed by atoms with Crippen molar-refractivity contribution in [2.24, 2.45) is 0 Å². The summed E-state index contributed by atoms with van der Waals surface area (Å²) >= 11 is 11.9. The van der Waals surface area contributed by atoms with Crippen LogP contribution in [0.5, 0.6) is 0 Å². The maximum absolute atomic E-state index is 13.7. The summed E-state index contributed by atoms with van der Waals surface area (Å²) in [5.41, 5.74) is 3.08. The fourth-order valence-electron chi connectivity index (χ4n) is 1.62. The minimum absolute atomic E-state index is 0.320. The van der Waals surface area contributed by atoms with Crippen LogP contribution in [0.15, 0.2) is 54.1 Å². The molecular formula is C14H9Cl2F. The van der Waals surface area contributed by atoms with Crippen molar-refractivity contribution in [2.45, 2.75) is 0 Å². The van der Waals surface area contributed by atoms with Crippen molar-refractivity contribution in [3.63, 3.8) is 0 Å². The van der Waals surface area contributed by atoms with Gasteiger partial charge in [-0.2, -0.15) is 0 Å². The largest absolute Gasteiger partial charge is 0.206 e. The molecule has 17 heavy (non-hydrogen) atoms. The SMILES string of the molecule is Fc1ccccc1/C(=C\Cl)c1ccccc1Cl. The van der Waals surface area contributed by atoms with Crippen molar-refractivity contribution in [1.29, 1.82) is 0 Å². The molecule has 0 bridgehead atoms. The van der Waals surface area contributed by atoms with E-state index in [1.165, 1.54) is 11.6 Å². The summed E-state index contributed by atoms with van der Waals surface area (Å²) in [4.78, 5) is 0. The summed E-state index contributed by atoms with van der Waals surface area (Å²) in [6.07, 6.45) is 0. The number of halogens is 3.